The second kappa shape index (κ2) is 5.20. The molecule has 1 aromatic rings. The molecule has 0 fully saturated rings. The van der Waals surface area contributed by atoms with Crippen LogP contribution < -0.4 is 22.3 Å². The van der Waals surface area contributed by atoms with Gasteiger partial charge in [0.05, 0.1) is 6.61 Å². The molecule has 78 valence electrons. The Hall–Kier alpha value is -1.60. The fourth-order valence-corrected chi connectivity index (χ4v) is 0.912. The molecule has 0 saturated heterocycles. The van der Waals surface area contributed by atoms with Crippen LogP contribution in [0.25, 0.3) is 0 Å². The van der Waals surface area contributed by atoms with E-state index < -0.39 is 0 Å². The summed E-state index contributed by atoms with van der Waals surface area (Å²) in [6, 6.07) is 1.66. The van der Waals surface area contributed by atoms with Gasteiger partial charge < -0.3 is 21.2 Å². The third kappa shape index (κ3) is 3.04. The maximum Gasteiger partial charge on any atom is 0.223 e. The van der Waals surface area contributed by atoms with Gasteiger partial charge in [-0.25, -0.2) is 5.84 Å². The highest BCUT2D eigenvalue weighted by molar-refractivity contribution is 5.50. The highest BCUT2D eigenvalue weighted by atomic mass is 16.5. The predicted octanol–water partition coefficient (Wildman–Crippen LogP) is -0.597. The summed E-state index contributed by atoms with van der Waals surface area (Å²) in [5, 5.41) is 3.01. The predicted molar refractivity (Wildman–Crippen MR) is 54.6 cm³/mol. The molecular formula is C7H14N6O. The topological polar surface area (TPSA) is 111 Å². The zero-order valence-corrected chi connectivity index (χ0v) is 7.95. The normalized spacial score (nSPS) is 9.86. The molecule has 1 heterocycles. The molecule has 1 aromatic heterocycles. The van der Waals surface area contributed by atoms with E-state index in [0.717, 1.165) is 0 Å². The van der Waals surface area contributed by atoms with Crippen LogP contribution in [-0.4, -0.2) is 30.2 Å². The van der Waals surface area contributed by atoms with Crippen molar-refractivity contribution in [2.75, 3.05) is 36.7 Å². The Morgan fingerprint density at radius 2 is 2.14 bits per heavy atom. The summed E-state index contributed by atoms with van der Waals surface area (Å²) in [4.78, 5) is 7.80. The van der Waals surface area contributed by atoms with Crippen molar-refractivity contribution in [2.45, 2.75) is 0 Å². The lowest BCUT2D eigenvalue weighted by Crippen LogP contribution is -2.13. The van der Waals surface area contributed by atoms with Crippen LogP contribution in [0.2, 0.25) is 0 Å². The van der Waals surface area contributed by atoms with Gasteiger partial charge in [0.15, 0.2) is 0 Å². The van der Waals surface area contributed by atoms with E-state index in [1.807, 2.05) is 0 Å². The van der Waals surface area contributed by atoms with Gasteiger partial charge in [-0.3, -0.25) is 0 Å². The number of hydrogen-bond donors (Lipinski definition) is 4. The van der Waals surface area contributed by atoms with Crippen LogP contribution in [0, 0.1) is 0 Å². The molecule has 14 heavy (non-hydrogen) atoms. The summed E-state index contributed by atoms with van der Waals surface area (Å²) < 4.78 is 4.87. The largest absolute Gasteiger partial charge is 0.383 e. The number of anilines is 3. The number of nitrogen functional groups attached to an aromatic ring is 2. The van der Waals surface area contributed by atoms with Crippen molar-refractivity contribution in [3.63, 3.8) is 0 Å². The van der Waals surface area contributed by atoms with E-state index in [9.17, 15) is 0 Å². The maximum absolute atomic E-state index is 5.45. The molecule has 0 amide bonds. The maximum atomic E-state index is 5.45. The first-order valence-electron chi connectivity index (χ1n) is 4.10. The van der Waals surface area contributed by atoms with Gasteiger partial charge in [-0.1, -0.05) is 0 Å². The number of hydrazine groups is 1. The molecule has 0 radical (unpaired) electrons. The summed E-state index contributed by atoms with van der Waals surface area (Å²) in [5.41, 5.74) is 7.85. The Balaban J connectivity index is 2.62. The van der Waals surface area contributed by atoms with Crippen molar-refractivity contribution in [2.24, 2.45) is 5.84 Å². The highest BCUT2D eigenvalue weighted by Crippen LogP contribution is 2.10. The van der Waals surface area contributed by atoms with Gasteiger partial charge >= 0.3 is 0 Å². The van der Waals surface area contributed by atoms with Crippen molar-refractivity contribution in [3.8, 4) is 0 Å². The molecular weight excluding hydrogens is 184 g/mol. The minimum atomic E-state index is 0.167. The molecule has 0 saturated carbocycles. The van der Waals surface area contributed by atoms with E-state index in [1.165, 1.54) is 0 Å². The average Bonchev–Trinajstić information content (AvgIpc) is 2.17. The molecule has 0 unspecified atom stereocenters. The number of nitrogens with zero attached hydrogens (tertiary/aromatic N) is 2. The minimum absolute atomic E-state index is 0.167. The second-order valence-corrected chi connectivity index (χ2v) is 2.56. The summed E-state index contributed by atoms with van der Waals surface area (Å²) in [7, 11) is 1.63. The smallest absolute Gasteiger partial charge is 0.223 e. The highest BCUT2D eigenvalue weighted by Gasteiger charge is 1.99. The molecule has 1 rings (SSSR count). The molecule has 0 aromatic carbocycles. The van der Waals surface area contributed by atoms with Gasteiger partial charge in [0.1, 0.15) is 11.6 Å². The van der Waals surface area contributed by atoms with E-state index in [4.69, 9.17) is 16.3 Å². The van der Waals surface area contributed by atoms with Gasteiger partial charge in [-0.2, -0.15) is 9.97 Å². The Morgan fingerprint density at radius 3 is 2.79 bits per heavy atom. The first kappa shape index (κ1) is 10.5. The first-order chi connectivity index (χ1) is 6.76. The monoisotopic (exact) mass is 198 g/mol. The van der Waals surface area contributed by atoms with Crippen molar-refractivity contribution < 1.29 is 4.74 Å². The van der Waals surface area contributed by atoms with Crippen molar-refractivity contribution in [1.29, 1.82) is 0 Å². The first-order valence-corrected chi connectivity index (χ1v) is 4.10. The van der Waals surface area contributed by atoms with Crippen LogP contribution in [0.1, 0.15) is 0 Å². The van der Waals surface area contributed by atoms with Crippen LogP contribution in [0.3, 0.4) is 0 Å². The Labute approximate surface area is 81.8 Å². The summed E-state index contributed by atoms with van der Waals surface area (Å²) >= 11 is 0. The molecule has 0 aliphatic rings. The molecule has 0 aliphatic heterocycles. The number of aromatic nitrogens is 2. The summed E-state index contributed by atoms with van der Waals surface area (Å²) in [6.45, 7) is 1.24. The number of nitrogens with two attached hydrogens (primary N) is 2. The SMILES string of the molecule is COCCNc1cc(NN)nc(N)n1. The number of hydrogen-bond acceptors (Lipinski definition) is 7. The van der Waals surface area contributed by atoms with Gasteiger partial charge in [0, 0.05) is 19.7 Å². The van der Waals surface area contributed by atoms with Gasteiger partial charge in [-0.05, 0) is 0 Å². The van der Waals surface area contributed by atoms with Crippen molar-refractivity contribution in [1.82, 2.24) is 9.97 Å². The van der Waals surface area contributed by atoms with Gasteiger partial charge in [-0.15, -0.1) is 0 Å². The quantitative estimate of drug-likeness (QED) is 0.284. The Bertz CT molecular complexity index is 292. The zero-order valence-electron chi connectivity index (χ0n) is 7.95. The van der Waals surface area contributed by atoms with Crippen molar-refractivity contribution >= 4 is 17.6 Å². The molecule has 0 aliphatic carbocycles. The second-order valence-electron chi connectivity index (χ2n) is 2.56. The van der Waals surface area contributed by atoms with E-state index in [2.05, 4.69) is 20.7 Å². The van der Waals surface area contributed by atoms with Crippen molar-refractivity contribution in [3.05, 3.63) is 6.07 Å². The summed E-state index contributed by atoms with van der Waals surface area (Å²) in [6.07, 6.45) is 0. The van der Waals surface area contributed by atoms with Gasteiger partial charge in [0.2, 0.25) is 5.95 Å². The minimum Gasteiger partial charge on any atom is -0.383 e. The lowest BCUT2D eigenvalue weighted by atomic mass is 10.5. The van der Waals surface area contributed by atoms with Crippen LogP contribution in [0.4, 0.5) is 17.6 Å². The number of ether oxygens (including phenoxy) is 1. The fourth-order valence-electron chi connectivity index (χ4n) is 0.912. The fraction of sp³-hybridized carbons (Fsp3) is 0.429. The van der Waals surface area contributed by atoms with E-state index >= 15 is 0 Å². The molecule has 0 bridgehead atoms. The van der Waals surface area contributed by atoms with Crippen LogP contribution in [0.5, 0.6) is 0 Å². The average molecular weight is 198 g/mol. The number of nitrogens with one attached hydrogen (secondary N) is 2. The lowest BCUT2D eigenvalue weighted by Gasteiger charge is -2.06. The summed E-state index contributed by atoms with van der Waals surface area (Å²) in [5.74, 6) is 6.44. The van der Waals surface area contributed by atoms with Gasteiger partial charge in [0.25, 0.3) is 0 Å². The molecule has 6 N–H and O–H groups in total. The number of rotatable bonds is 5. The van der Waals surface area contributed by atoms with Crippen LogP contribution >= 0.6 is 0 Å². The molecule has 7 heteroatoms. The molecule has 7 nitrogen and oxygen atoms in total. The van der Waals surface area contributed by atoms with E-state index in [-0.39, 0.29) is 5.95 Å². The third-order valence-corrected chi connectivity index (χ3v) is 1.50. The molecule has 0 atom stereocenters. The lowest BCUT2D eigenvalue weighted by molar-refractivity contribution is 0.210. The van der Waals surface area contributed by atoms with E-state index in [1.54, 1.807) is 13.2 Å². The Morgan fingerprint density at radius 1 is 1.43 bits per heavy atom. The zero-order chi connectivity index (χ0) is 10.4. The number of methoxy groups -OCH3 is 1. The standard InChI is InChI=1S/C7H14N6O/c1-14-3-2-10-5-4-6(13-9)12-7(8)11-5/h4H,2-3,9H2,1H3,(H4,8,10,11,12,13). The third-order valence-electron chi connectivity index (χ3n) is 1.50. The van der Waals surface area contributed by atoms with Crippen LogP contribution in [-0.2, 0) is 4.74 Å². The molecule has 0 spiro atoms. The Kier molecular flexibility index (Phi) is 3.89. The van der Waals surface area contributed by atoms with E-state index in [0.29, 0.717) is 24.8 Å². The van der Waals surface area contributed by atoms with Crippen LogP contribution in [0.15, 0.2) is 6.07 Å².